The molecule has 17 heavy (non-hydrogen) atoms. The van der Waals surface area contributed by atoms with Crippen molar-refractivity contribution in [1.82, 2.24) is 4.72 Å². The Kier molecular flexibility index (Phi) is 4.02. The molecular formula is C9H12N2O5S. The zero-order valence-electron chi connectivity index (χ0n) is 9.34. The van der Waals surface area contributed by atoms with Crippen LogP contribution in [0, 0.1) is 10.1 Å². The Morgan fingerprint density at radius 2 is 2.12 bits per heavy atom. The van der Waals surface area contributed by atoms with Crippen LogP contribution in [-0.4, -0.2) is 26.7 Å². The third-order valence-corrected chi connectivity index (χ3v) is 2.65. The van der Waals surface area contributed by atoms with Crippen LogP contribution < -0.4 is 9.46 Å². The third kappa shape index (κ3) is 4.00. The van der Waals surface area contributed by atoms with E-state index in [1.54, 1.807) is 0 Å². The van der Waals surface area contributed by atoms with Crippen molar-refractivity contribution in [3.8, 4) is 5.75 Å². The first-order valence-electron chi connectivity index (χ1n) is 4.59. The fourth-order valence-electron chi connectivity index (χ4n) is 1.20. The van der Waals surface area contributed by atoms with Gasteiger partial charge in [0.25, 0.3) is 0 Å². The molecule has 0 saturated carbocycles. The van der Waals surface area contributed by atoms with Crippen LogP contribution in [-0.2, 0) is 16.6 Å². The average molecular weight is 260 g/mol. The summed E-state index contributed by atoms with van der Waals surface area (Å²) < 4.78 is 28.9. The molecule has 1 N–H and O–H groups in total. The van der Waals surface area contributed by atoms with Crippen LogP contribution in [0.3, 0.4) is 0 Å². The topological polar surface area (TPSA) is 98.5 Å². The van der Waals surface area contributed by atoms with Crippen LogP contribution in [0.15, 0.2) is 18.2 Å². The highest BCUT2D eigenvalue weighted by atomic mass is 32.2. The van der Waals surface area contributed by atoms with E-state index in [0.717, 1.165) is 6.26 Å². The van der Waals surface area contributed by atoms with Crippen LogP contribution in [0.5, 0.6) is 5.75 Å². The quantitative estimate of drug-likeness (QED) is 0.619. The average Bonchev–Trinajstić information content (AvgIpc) is 2.24. The predicted octanol–water partition coefficient (Wildman–Crippen LogP) is 0.653. The standard InChI is InChI=1S/C9H12N2O5S/c1-16-9-5-7(6-10-17(2,14)15)3-4-8(9)11(12)13/h3-5,10H,6H2,1-2H3. The summed E-state index contributed by atoms with van der Waals surface area (Å²) in [5.74, 6) is 0.0998. The summed E-state index contributed by atoms with van der Waals surface area (Å²) in [6.07, 6.45) is 1.04. The minimum Gasteiger partial charge on any atom is -0.490 e. The lowest BCUT2D eigenvalue weighted by atomic mass is 10.2. The fourth-order valence-corrected chi connectivity index (χ4v) is 1.63. The van der Waals surface area contributed by atoms with Crippen molar-refractivity contribution in [2.75, 3.05) is 13.4 Å². The summed E-state index contributed by atoms with van der Waals surface area (Å²) in [5.41, 5.74) is 0.425. The Hall–Kier alpha value is -1.67. The fraction of sp³-hybridized carbons (Fsp3) is 0.333. The molecule has 0 spiro atoms. The maximum absolute atomic E-state index is 10.9. The van der Waals surface area contributed by atoms with Gasteiger partial charge in [-0.3, -0.25) is 10.1 Å². The minimum atomic E-state index is -3.29. The van der Waals surface area contributed by atoms with Gasteiger partial charge in [-0.1, -0.05) is 6.07 Å². The highest BCUT2D eigenvalue weighted by Gasteiger charge is 2.14. The van der Waals surface area contributed by atoms with Gasteiger partial charge < -0.3 is 4.74 Å². The number of hydrogen-bond donors (Lipinski definition) is 1. The lowest BCUT2D eigenvalue weighted by molar-refractivity contribution is -0.385. The number of hydrogen-bond acceptors (Lipinski definition) is 5. The SMILES string of the molecule is COc1cc(CNS(C)(=O)=O)ccc1[N+](=O)[O-]. The molecule has 0 saturated heterocycles. The van der Waals surface area contributed by atoms with Gasteiger partial charge in [-0.25, -0.2) is 13.1 Å². The molecule has 0 fully saturated rings. The van der Waals surface area contributed by atoms with E-state index in [2.05, 4.69) is 4.72 Å². The zero-order valence-corrected chi connectivity index (χ0v) is 10.2. The molecule has 1 rings (SSSR count). The van der Waals surface area contributed by atoms with E-state index in [-0.39, 0.29) is 18.0 Å². The number of methoxy groups -OCH3 is 1. The van der Waals surface area contributed by atoms with Crippen LogP contribution in [0.25, 0.3) is 0 Å². The maximum Gasteiger partial charge on any atom is 0.310 e. The molecule has 0 atom stereocenters. The molecule has 0 heterocycles. The van der Waals surface area contributed by atoms with Gasteiger partial charge in [0.05, 0.1) is 18.3 Å². The second kappa shape index (κ2) is 5.11. The van der Waals surface area contributed by atoms with Gasteiger partial charge in [0.15, 0.2) is 5.75 Å². The number of nitrogens with zero attached hydrogens (tertiary/aromatic N) is 1. The predicted molar refractivity (Wildman–Crippen MR) is 61.3 cm³/mol. The van der Waals surface area contributed by atoms with Crippen LogP contribution in [0.4, 0.5) is 5.69 Å². The Labute approximate surface area is 98.6 Å². The summed E-state index contributed by atoms with van der Waals surface area (Å²) in [6, 6.07) is 4.17. The highest BCUT2D eigenvalue weighted by Crippen LogP contribution is 2.27. The lowest BCUT2D eigenvalue weighted by Crippen LogP contribution is -2.21. The molecule has 0 amide bonds. The monoisotopic (exact) mass is 260 g/mol. The summed E-state index contributed by atoms with van der Waals surface area (Å²) >= 11 is 0. The molecule has 0 unspecified atom stereocenters. The summed E-state index contributed by atoms with van der Waals surface area (Å²) in [5, 5.41) is 10.6. The molecule has 8 heteroatoms. The Morgan fingerprint density at radius 3 is 2.59 bits per heavy atom. The summed E-state index contributed by atoms with van der Waals surface area (Å²) in [4.78, 5) is 10.1. The van der Waals surface area contributed by atoms with E-state index in [1.807, 2.05) is 0 Å². The van der Waals surface area contributed by atoms with E-state index >= 15 is 0 Å². The van der Waals surface area contributed by atoms with Crippen molar-refractivity contribution in [2.45, 2.75) is 6.54 Å². The van der Waals surface area contributed by atoms with Gasteiger partial charge in [-0.05, 0) is 11.6 Å². The van der Waals surface area contributed by atoms with Gasteiger partial charge in [0.2, 0.25) is 10.0 Å². The molecule has 0 radical (unpaired) electrons. The summed E-state index contributed by atoms with van der Waals surface area (Å²) in [6.45, 7) is 0.0627. The third-order valence-electron chi connectivity index (χ3n) is 1.98. The van der Waals surface area contributed by atoms with Gasteiger partial charge in [0, 0.05) is 12.6 Å². The van der Waals surface area contributed by atoms with Gasteiger partial charge >= 0.3 is 5.69 Å². The van der Waals surface area contributed by atoms with Crippen molar-refractivity contribution in [3.63, 3.8) is 0 Å². The number of nitro groups is 1. The zero-order chi connectivity index (χ0) is 13.1. The van der Waals surface area contributed by atoms with Crippen molar-refractivity contribution in [2.24, 2.45) is 0 Å². The number of benzene rings is 1. The minimum absolute atomic E-state index is 0.0627. The normalized spacial score (nSPS) is 11.2. The number of sulfonamides is 1. The van der Waals surface area contributed by atoms with Crippen molar-refractivity contribution >= 4 is 15.7 Å². The Morgan fingerprint density at radius 1 is 1.47 bits per heavy atom. The van der Waals surface area contributed by atoms with Crippen molar-refractivity contribution in [1.29, 1.82) is 0 Å². The smallest absolute Gasteiger partial charge is 0.310 e. The largest absolute Gasteiger partial charge is 0.490 e. The van der Waals surface area contributed by atoms with Crippen molar-refractivity contribution in [3.05, 3.63) is 33.9 Å². The van der Waals surface area contributed by atoms with Gasteiger partial charge in [0.1, 0.15) is 0 Å². The van der Waals surface area contributed by atoms with E-state index in [9.17, 15) is 18.5 Å². The van der Waals surface area contributed by atoms with Crippen LogP contribution >= 0.6 is 0 Å². The Balaban J connectivity index is 2.94. The molecule has 0 aliphatic rings. The Bertz CT molecular complexity index is 526. The van der Waals surface area contributed by atoms with E-state index < -0.39 is 14.9 Å². The van der Waals surface area contributed by atoms with Crippen LogP contribution in [0.1, 0.15) is 5.56 Å². The highest BCUT2D eigenvalue weighted by molar-refractivity contribution is 7.88. The van der Waals surface area contributed by atoms with E-state index in [1.165, 1.54) is 25.3 Å². The van der Waals surface area contributed by atoms with E-state index in [4.69, 9.17) is 4.74 Å². The number of nitrogens with one attached hydrogen (secondary N) is 1. The second-order valence-corrected chi connectivity index (χ2v) is 5.19. The second-order valence-electron chi connectivity index (χ2n) is 3.36. The summed E-state index contributed by atoms with van der Waals surface area (Å²) in [7, 11) is -1.98. The maximum atomic E-state index is 10.9. The van der Waals surface area contributed by atoms with Crippen molar-refractivity contribution < 1.29 is 18.1 Å². The molecule has 7 nitrogen and oxygen atoms in total. The molecule has 1 aromatic carbocycles. The molecule has 0 aromatic heterocycles. The van der Waals surface area contributed by atoms with Gasteiger partial charge in [-0.2, -0.15) is 0 Å². The van der Waals surface area contributed by atoms with Crippen LogP contribution in [0.2, 0.25) is 0 Å². The number of rotatable bonds is 5. The first-order valence-corrected chi connectivity index (χ1v) is 6.48. The first kappa shape index (κ1) is 13.4. The first-order chi connectivity index (χ1) is 7.83. The van der Waals surface area contributed by atoms with Gasteiger partial charge in [-0.15, -0.1) is 0 Å². The molecular weight excluding hydrogens is 248 g/mol. The van der Waals surface area contributed by atoms with E-state index in [0.29, 0.717) is 5.56 Å². The number of ether oxygens (including phenoxy) is 1. The number of nitro benzene ring substituents is 1. The molecule has 94 valence electrons. The molecule has 1 aromatic rings. The lowest BCUT2D eigenvalue weighted by Gasteiger charge is -2.05. The molecule has 0 bridgehead atoms. The molecule has 0 aliphatic heterocycles. The molecule has 0 aliphatic carbocycles.